The van der Waals surface area contributed by atoms with Gasteiger partial charge >= 0.3 is 0 Å². The maximum Gasteiger partial charge on any atom is 0.106 e. The molecule has 1 aliphatic heterocycles. The van der Waals surface area contributed by atoms with Crippen LogP contribution in [0.15, 0.2) is 0 Å². The molecule has 0 bridgehead atoms. The van der Waals surface area contributed by atoms with Gasteiger partial charge in [-0.2, -0.15) is 0 Å². The Morgan fingerprint density at radius 3 is 2.56 bits per heavy atom. The molecule has 0 aromatic rings. The molecule has 0 radical (unpaired) electrons. The van der Waals surface area contributed by atoms with Gasteiger partial charge in [0.25, 0.3) is 0 Å². The van der Waals surface area contributed by atoms with Crippen LogP contribution < -0.4 is 0 Å². The fourth-order valence-corrected chi connectivity index (χ4v) is 0.877. The van der Waals surface area contributed by atoms with Gasteiger partial charge in [-0.15, -0.1) is 0 Å². The van der Waals surface area contributed by atoms with E-state index in [9.17, 15) is 0 Å². The lowest BCUT2D eigenvalue weighted by molar-refractivity contribution is -0.145. The average molecular weight is 132 g/mol. The van der Waals surface area contributed by atoms with Crippen molar-refractivity contribution >= 4 is 0 Å². The molecule has 0 saturated carbocycles. The Morgan fingerprint density at radius 1 is 1.44 bits per heavy atom. The number of hydrogen-bond donors (Lipinski definition) is 1. The van der Waals surface area contributed by atoms with Crippen molar-refractivity contribution in [1.82, 2.24) is 0 Å². The normalized spacial score (nSPS) is 36.7. The van der Waals surface area contributed by atoms with E-state index in [1.165, 1.54) is 0 Å². The quantitative estimate of drug-likeness (QED) is 0.536. The van der Waals surface area contributed by atoms with Gasteiger partial charge in [0.2, 0.25) is 0 Å². The summed E-state index contributed by atoms with van der Waals surface area (Å²) in [4.78, 5) is 0. The van der Waals surface area contributed by atoms with Crippen molar-refractivity contribution in [3.05, 3.63) is 0 Å². The van der Waals surface area contributed by atoms with Crippen LogP contribution in [0.2, 0.25) is 0 Å². The van der Waals surface area contributed by atoms with Crippen LogP contribution in [0.1, 0.15) is 6.92 Å². The lowest BCUT2D eigenvalue weighted by atomic mass is 10.2. The minimum Gasteiger partial charge on any atom is -0.394 e. The highest BCUT2D eigenvalue weighted by molar-refractivity contribution is 4.67. The minimum atomic E-state index is -0.112. The number of ether oxygens (including phenoxy) is 2. The number of aliphatic hydroxyl groups excluding tert-OH is 1. The first kappa shape index (κ1) is 6.99. The first-order valence-corrected chi connectivity index (χ1v) is 3.18. The van der Waals surface area contributed by atoms with E-state index in [4.69, 9.17) is 14.6 Å². The van der Waals surface area contributed by atoms with Crippen LogP contribution in [0.5, 0.6) is 0 Å². The maximum absolute atomic E-state index is 8.66. The summed E-state index contributed by atoms with van der Waals surface area (Å²) in [5.74, 6) is 0. The smallest absolute Gasteiger partial charge is 0.106 e. The number of aliphatic hydroxyl groups is 1. The molecular weight excluding hydrogens is 120 g/mol. The summed E-state index contributed by atoms with van der Waals surface area (Å²) in [6.07, 6.45) is -0.0671. The molecule has 0 aromatic carbocycles. The van der Waals surface area contributed by atoms with E-state index in [1.807, 2.05) is 6.92 Å². The molecule has 1 saturated heterocycles. The molecule has 0 spiro atoms. The van der Waals surface area contributed by atoms with Crippen molar-refractivity contribution in [2.45, 2.75) is 19.1 Å². The van der Waals surface area contributed by atoms with E-state index >= 15 is 0 Å². The first-order chi connectivity index (χ1) is 4.34. The lowest BCUT2D eigenvalue weighted by Gasteiger charge is -2.27. The van der Waals surface area contributed by atoms with E-state index in [1.54, 1.807) is 0 Å². The lowest BCUT2D eigenvalue weighted by Crippen LogP contribution is -2.38. The van der Waals surface area contributed by atoms with Gasteiger partial charge in [0.15, 0.2) is 0 Å². The highest BCUT2D eigenvalue weighted by Crippen LogP contribution is 2.07. The molecule has 1 aliphatic rings. The Bertz CT molecular complexity index is 84.4. The van der Waals surface area contributed by atoms with E-state index in [-0.39, 0.29) is 18.8 Å². The summed E-state index contributed by atoms with van der Waals surface area (Å²) in [6, 6.07) is 0. The minimum absolute atomic E-state index is 0.0451. The van der Waals surface area contributed by atoms with Crippen LogP contribution in [0.4, 0.5) is 0 Å². The van der Waals surface area contributed by atoms with E-state index in [0.29, 0.717) is 13.2 Å². The zero-order valence-corrected chi connectivity index (χ0v) is 5.54. The van der Waals surface area contributed by atoms with Crippen molar-refractivity contribution in [1.29, 1.82) is 0 Å². The molecule has 1 fully saturated rings. The molecule has 3 heteroatoms. The zero-order chi connectivity index (χ0) is 6.69. The summed E-state index contributed by atoms with van der Waals surface area (Å²) in [5, 5.41) is 8.66. The monoisotopic (exact) mass is 132 g/mol. The molecule has 9 heavy (non-hydrogen) atoms. The van der Waals surface area contributed by atoms with E-state index < -0.39 is 0 Å². The number of hydrogen-bond acceptors (Lipinski definition) is 3. The summed E-state index contributed by atoms with van der Waals surface area (Å²) in [5.41, 5.74) is 0. The number of rotatable bonds is 1. The zero-order valence-electron chi connectivity index (χ0n) is 5.54. The second-order valence-electron chi connectivity index (χ2n) is 2.17. The van der Waals surface area contributed by atoms with Gasteiger partial charge in [-0.3, -0.25) is 0 Å². The van der Waals surface area contributed by atoms with Crippen molar-refractivity contribution in [2.75, 3.05) is 19.8 Å². The van der Waals surface area contributed by atoms with Gasteiger partial charge < -0.3 is 14.6 Å². The Morgan fingerprint density at radius 2 is 2.11 bits per heavy atom. The molecule has 54 valence electrons. The molecule has 1 heterocycles. The van der Waals surface area contributed by atoms with Crippen molar-refractivity contribution in [2.24, 2.45) is 0 Å². The standard InChI is InChI=1S/C6H12O3/c1-5-6(4-7)9-3-2-8-5/h5-7H,2-4H2,1H3/t5-,6+/m0/s1. The Labute approximate surface area is 54.6 Å². The molecule has 0 amide bonds. The summed E-state index contributed by atoms with van der Waals surface area (Å²) in [7, 11) is 0. The predicted octanol–water partition coefficient (Wildman–Crippen LogP) is -0.217. The van der Waals surface area contributed by atoms with Crippen molar-refractivity contribution < 1.29 is 14.6 Å². The molecule has 0 unspecified atom stereocenters. The van der Waals surface area contributed by atoms with E-state index in [2.05, 4.69) is 0 Å². The van der Waals surface area contributed by atoms with E-state index in [0.717, 1.165) is 0 Å². The summed E-state index contributed by atoms with van der Waals surface area (Å²) in [6.45, 7) is 3.22. The molecule has 1 rings (SSSR count). The molecule has 3 nitrogen and oxygen atoms in total. The van der Waals surface area contributed by atoms with Crippen LogP contribution in [0.3, 0.4) is 0 Å². The average Bonchev–Trinajstić information content (AvgIpc) is 1.89. The third-order valence-electron chi connectivity index (χ3n) is 1.50. The molecule has 0 aromatic heterocycles. The molecule has 1 N–H and O–H groups in total. The first-order valence-electron chi connectivity index (χ1n) is 3.18. The Kier molecular flexibility index (Phi) is 2.45. The van der Waals surface area contributed by atoms with Crippen LogP contribution in [-0.2, 0) is 9.47 Å². The van der Waals surface area contributed by atoms with Crippen LogP contribution in [0, 0.1) is 0 Å². The van der Waals surface area contributed by atoms with Crippen molar-refractivity contribution in [3.63, 3.8) is 0 Å². The Hall–Kier alpha value is -0.120. The SMILES string of the molecule is C[C@@H]1OCCO[C@@H]1CO. The summed E-state index contributed by atoms with van der Waals surface area (Å²) < 4.78 is 10.4. The largest absolute Gasteiger partial charge is 0.394 e. The molecular formula is C6H12O3. The van der Waals surface area contributed by atoms with Gasteiger partial charge in [0.1, 0.15) is 6.10 Å². The van der Waals surface area contributed by atoms with Gasteiger partial charge in [-0.05, 0) is 6.92 Å². The molecule has 2 atom stereocenters. The second kappa shape index (κ2) is 3.15. The second-order valence-corrected chi connectivity index (χ2v) is 2.17. The van der Waals surface area contributed by atoms with Gasteiger partial charge in [0, 0.05) is 0 Å². The highest BCUT2D eigenvalue weighted by Gasteiger charge is 2.21. The van der Waals surface area contributed by atoms with Crippen LogP contribution in [0.25, 0.3) is 0 Å². The Balaban J connectivity index is 2.30. The van der Waals surface area contributed by atoms with Crippen LogP contribution in [-0.4, -0.2) is 37.1 Å². The van der Waals surface area contributed by atoms with Crippen LogP contribution >= 0.6 is 0 Å². The fourth-order valence-electron chi connectivity index (χ4n) is 0.877. The topological polar surface area (TPSA) is 38.7 Å². The maximum atomic E-state index is 8.66. The van der Waals surface area contributed by atoms with Crippen molar-refractivity contribution in [3.8, 4) is 0 Å². The third-order valence-corrected chi connectivity index (χ3v) is 1.50. The van der Waals surface area contributed by atoms with Gasteiger partial charge in [-0.1, -0.05) is 0 Å². The predicted molar refractivity (Wildman–Crippen MR) is 32.2 cm³/mol. The molecule has 0 aliphatic carbocycles. The highest BCUT2D eigenvalue weighted by atomic mass is 16.6. The van der Waals surface area contributed by atoms with Gasteiger partial charge in [0.05, 0.1) is 25.9 Å². The fraction of sp³-hybridized carbons (Fsp3) is 1.00. The third kappa shape index (κ3) is 1.64. The summed E-state index contributed by atoms with van der Waals surface area (Å²) >= 11 is 0. The van der Waals surface area contributed by atoms with Gasteiger partial charge in [-0.25, -0.2) is 0 Å².